The van der Waals surface area contributed by atoms with E-state index < -0.39 is 0 Å². The average Bonchev–Trinajstić information content (AvgIpc) is 2.66. The Labute approximate surface area is 103 Å². The molecule has 0 saturated heterocycles. The van der Waals surface area contributed by atoms with Gasteiger partial charge < -0.3 is 10.5 Å². The molecule has 5 heteroatoms. The minimum Gasteiger partial charge on any atom is -0.463 e. The molecule has 1 aromatic carbocycles. The molecule has 1 heterocycles. The molecule has 4 nitrogen and oxygen atoms in total. The van der Waals surface area contributed by atoms with Crippen molar-refractivity contribution in [3.8, 4) is 0 Å². The van der Waals surface area contributed by atoms with Gasteiger partial charge in [-0.25, -0.2) is 9.78 Å². The Morgan fingerprint density at radius 3 is 3.18 bits per heavy atom. The van der Waals surface area contributed by atoms with Gasteiger partial charge in [-0.3, -0.25) is 0 Å². The third kappa shape index (κ3) is 2.82. The molecule has 2 rings (SSSR count). The molecular formula is C12H12N2O2S. The second-order valence-electron chi connectivity index (χ2n) is 3.36. The molecule has 88 valence electrons. The Bertz CT molecular complexity index is 575. The van der Waals surface area contributed by atoms with Gasteiger partial charge in [-0.2, -0.15) is 0 Å². The maximum atomic E-state index is 11.1. The molecule has 0 aliphatic carbocycles. The SMILES string of the molecule is CCOC(=O)C=Cc1ccc2nc(N)sc2c1. The third-order valence-electron chi connectivity index (χ3n) is 2.13. The summed E-state index contributed by atoms with van der Waals surface area (Å²) < 4.78 is 5.81. The zero-order chi connectivity index (χ0) is 12.3. The first-order valence-corrected chi connectivity index (χ1v) is 6.01. The fraction of sp³-hybridized carbons (Fsp3) is 0.167. The number of carbonyl (C=O) groups excluding carboxylic acids is 1. The van der Waals surface area contributed by atoms with Crippen LogP contribution in [0, 0.1) is 0 Å². The maximum Gasteiger partial charge on any atom is 0.330 e. The van der Waals surface area contributed by atoms with Crippen LogP contribution >= 0.6 is 11.3 Å². The van der Waals surface area contributed by atoms with Crippen molar-refractivity contribution >= 4 is 38.7 Å². The van der Waals surface area contributed by atoms with Gasteiger partial charge >= 0.3 is 5.97 Å². The lowest BCUT2D eigenvalue weighted by molar-refractivity contribution is -0.137. The Morgan fingerprint density at radius 2 is 2.41 bits per heavy atom. The standard InChI is InChI=1S/C12H12N2O2S/c1-2-16-11(15)6-4-8-3-5-9-10(7-8)17-12(13)14-9/h3-7H,2H2,1H3,(H2,13,14). The highest BCUT2D eigenvalue weighted by Crippen LogP contribution is 2.24. The van der Waals surface area contributed by atoms with E-state index in [1.165, 1.54) is 17.4 Å². The molecule has 1 aromatic heterocycles. The van der Waals surface area contributed by atoms with Gasteiger partial charge in [-0.1, -0.05) is 17.4 Å². The number of nitrogen functional groups attached to an aromatic ring is 1. The number of benzene rings is 1. The highest BCUT2D eigenvalue weighted by Gasteiger charge is 2.01. The van der Waals surface area contributed by atoms with Crippen LogP contribution in [0.4, 0.5) is 5.13 Å². The number of carbonyl (C=O) groups is 1. The van der Waals surface area contributed by atoms with E-state index in [0.717, 1.165) is 15.8 Å². The van der Waals surface area contributed by atoms with Crippen LogP contribution in [0.3, 0.4) is 0 Å². The molecule has 0 atom stereocenters. The number of nitrogens with two attached hydrogens (primary N) is 1. The summed E-state index contributed by atoms with van der Waals surface area (Å²) in [5.41, 5.74) is 7.42. The van der Waals surface area contributed by atoms with Crippen molar-refractivity contribution in [3.63, 3.8) is 0 Å². The van der Waals surface area contributed by atoms with Gasteiger partial charge in [0.25, 0.3) is 0 Å². The van der Waals surface area contributed by atoms with E-state index in [2.05, 4.69) is 4.98 Å². The van der Waals surface area contributed by atoms with Crippen molar-refractivity contribution in [1.29, 1.82) is 0 Å². The van der Waals surface area contributed by atoms with E-state index >= 15 is 0 Å². The molecule has 0 amide bonds. The number of hydrogen-bond donors (Lipinski definition) is 1. The van der Waals surface area contributed by atoms with Crippen LogP contribution in [0.5, 0.6) is 0 Å². The van der Waals surface area contributed by atoms with Crippen LogP contribution in [0.25, 0.3) is 16.3 Å². The number of fused-ring (bicyclic) bond motifs is 1. The van der Waals surface area contributed by atoms with Crippen LogP contribution in [-0.4, -0.2) is 17.6 Å². The number of esters is 1. The molecule has 0 fully saturated rings. The van der Waals surface area contributed by atoms with Crippen molar-refractivity contribution < 1.29 is 9.53 Å². The molecule has 17 heavy (non-hydrogen) atoms. The molecule has 0 unspecified atom stereocenters. The smallest absolute Gasteiger partial charge is 0.330 e. The topological polar surface area (TPSA) is 65.2 Å². The van der Waals surface area contributed by atoms with Crippen molar-refractivity contribution in [2.75, 3.05) is 12.3 Å². The maximum absolute atomic E-state index is 11.1. The Morgan fingerprint density at radius 1 is 1.59 bits per heavy atom. The predicted octanol–water partition coefficient (Wildman–Crippen LogP) is 2.45. The number of rotatable bonds is 3. The number of anilines is 1. The van der Waals surface area contributed by atoms with E-state index in [4.69, 9.17) is 10.5 Å². The second-order valence-corrected chi connectivity index (χ2v) is 4.43. The van der Waals surface area contributed by atoms with Crippen LogP contribution < -0.4 is 5.73 Å². The summed E-state index contributed by atoms with van der Waals surface area (Å²) in [6.07, 6.45) is 3.13. The number of ether oxygens (including phenoxy) is 1. The highest BCUT2D eigenvalue weighted by molar-refractivity contribution is 7.22. The summed E-state index contributed by atoms with van der Waals surface area (Å²) in [5, 5.41) is 0.548. The van der Waals surface area contributed by atoms with Gasteiger partial charge in [0.15, 0.2) is 5.13 Å². The van der Waals surface area contributed by atoms with Gasteiger partial charge in [-0.15, -0.1) is 0 Å². The number of nitrogens with zero attached hydrogens (tertiary/aromatic N) is 1. The van der Waals surface area contributed by atoms with Gasteiger partial charge in [0.05, 0.1) is 16.8 Å². The van der Waals surface area contributed by atoms with E-state index in [9.17, 15) is 4.79 Å². The Hall–Kier alpha value is -1.88. The summed E-state index contributed by atoms with van der Waals surface area (Å²) in [6.45, 7) is 2.16. The lowest BCUT2D eigenvalue weighted by Gasteiger charge is -1.95. The third-order valence-corrected chi connectivity index (χ3v) is 2.97. The molecule has 2 N–H and O–H groups in total. The summed E-state index contributed by atoms with van der Waals surface area (Å²) in [4.78, 5) is 15.3. The largest absolute Gasteiger partial charge is 0.463 e. The lowest BCUT2D eigenvalue weighted by Crippen LogP contribution is -1.98. The molecule has 0 spiro atoms. The number of hydrogen-bond acceptors (Lipinski definition) is 5. The lowest BCUT2D eigenvalue weighted by atomic mass is 10.2. The van der Waals surface area contributed by atoms with E-state index in [-0.39, 0.29) is 5.97 Å². The average molecular weight is 248 g/mol. The van der Waals surface area contributed by atoms with Gasteiger partial charge in [-0.05, 0) is 30.7 Å². The molecule has 0 bridgehead atoms. The summed E-state index contributed by atoms with van der Waals surface area (Å²) in [5.74, 6) is -0.337. The number of aromatic nitrogens is 1. The van der Waals surface area contributed by atoms with Gasteiger partial charge in [0.2, 0.25) is 0 Å². The molecule has 2 aromatic rings. The summed E-state index contributed by atoms with van der Waals surface area (Å²) in [7, 11) is 0. The zero-order valence-corrected chi connectivity index (χ0v) is 10.2. The first-order chi connectivity index (χ1) is 8.19. The molecule has 0 aliphatic heterocycles. The Balaban J connectivity index is 2.21. The van der Waals surface area contributed by atoms with Crippen molar-refractivity contribution in [2.24, 2.45) is 0 Å². The normalized spacial score (nSPS) is 11.1. The Kier molecular flexibility index (Phi) is 3.39. The summed E-state index contributed by atoms with van der Waals surface area (Å²) in [6, 6.07) is 5.71. The van der Waals surface area contributed by atoms with E-state index in [1.54, 1.807) is 13.0 Å². The van der Waals surface area contributed by atoms with Crippen LogP contribution in [0.2, 0.25) is 0 Å². The second kappa shape index (κ2) is 4.97. The first-order valence-electron chi connectivity index (χ1n) is 5.20. The van der Waals surface area contributed by atoms with Gasteiger partial charge in [0.1, 0.15) is 0 Å². The highest BCUT2D eigenvalue weighted by atomic mass is 32.1. The quantitative estimate of drug-likeness (QED) is 0.669. The first kappa shape index (κ1) is 11.6. The fourth-order valence-electron chi connectivity index (χ4n) is 1.42. The van der Waals surface area contributed by atoms with Crippen LogP contribution in [0.15, 0.2) is 24.3 Å². The predicted molar refractivity (Wildman–Crippen MR) is 69.7 cm³/mol. The van der Waals surface area contributed by atoms with Crippen LogP contribution in [-0.2, 0) is 9.53 Å². The fourth-order valence-corrected chi connectivity index (χ4v) is 2.20. The van der Waals surface area contributed by atoms with E-state index in [1.807, 2.05) is 18.2 Å². The minimum absolute atomic E-state index is 0.337. The van der Waals surface area contributed by atoms with E-state index in [0.29, 0.717) is 11.7 Å². The summed E-state index contributed by atoms with van der Waals surface area (Å²) >= 11 is 1.43. The minimum atomic E-state index is -0.337. The molecular weight excluding hydrogens is 236 g/mol. The zero-order valence-electron chi connectivity index (χ0n) is 9.34. The molecule has 0 aliphatic rings. The van der Waals surface area contributed by atoms with Gasteiger partial charge in [0, 0.05) is 6.08 Å². The van der Waals surface area contributed by atoms with Crippen molar-refractivity contribution in [1.82, 2.24) is 4.98 Å². The molecule has 0 radical (unpaired) electrons. The monoisotopic (exact) mass is 248 g/mol. The number of thiazole rings is 1. The van der Waals surface area contributed by atoms with Crippen molar-refractivity contribution in [3.05, 3.63) is 29.8 Å². The van der Waals surface area contributed by atoms with Crippen LogP contribution in [0.1, 0.15) is 12.5 Å². The molecule has 0 saturated carbocycles. The van der Waals surface area contributed by atoms with Crippen molar-refractivity contribution in [2.45, 2.75) is 6.92 Å².